The van der Waals surface area contributed by atoms with Crippen molar-refractivity contribution in [2.45, 2.75) is 40.0 Å². The van der Waals surface area contributed by atoms with Crippen LogP contribution in [0.2, 0.25) is 0 Å². The molecule has 0 saturated carbocycles. The third-order valence-corrected chi connectivity index (χ3v) is 2.34. The van der Waals surface area contributed by atoms with Gasteiger partial charge in [0, 0.05) is 13.2 Å². The summed E-state index contributed by atoms with van der Waals surface area (Å²) >= 11 is 0. The number of nitrogens with zero attached hydrogens (tertiary/aromatic N) is 1. The second-order valence-electron chi connectivity index (χ2n) is 4.05. The highest BCUT2D eigenvalue weighted by Crippen LogP contribution is 2.04. The number of aliphatic hydroxyl groups is 1. The lowest BCUT2D eigenvalue weighted by Gasteiger charge is -2.20. The lowest BCUT2D eigenvalue weighted by Crippen LogP contribution is -2.26. The van der Waals surface area contributed by atoms with Crippen molar-refractivity contribution in [2.24, 2.45) is 5.92 Å². The number of hydrogen-bond donors (Lipinski definition) is 1. The molecule has 0 bridgehead atoms. The molecule has 0 aliphatic rings. The van der Waals surface area contributed by atoms with Crippen molar-refractivity contribution in [2.75, 3.05) is 26.2 Å². The van der Waals surface area contributed by atoms with E-state index in [1.165, 1.54) is 19.4 Å². The van der Waals surface area contributed by atoms with Gasteiger partial charge in [0.05, 0.1) is 0 Å². The summed E-state index contributed by atoms with van der Waals surface area (Å²) in [6, 6.07) is 0. The minimum atomic E-state index is 0.320. The van der Waals surface area contributed by atoms with Crippen LogP contribution >= 0.6 is 0 Å². The molecule has 80 valence electrons. The van der Waals surface area contributed by atoms with Gasteiger partial charge in [-0.1, -0.05) is 20.8 Å². The van der Waals surface area contributed by atoms with Gasteiger partial charge in [0.1, 0.15) is 0 Å². The lowest BCUT2D eigenvalue weighted by atomic mass is 10.1. The minimum absolute atomic E-state index is 0.320. The van der Waals surface area contributed by atoms with Crippen molar-refractivity contribution in [1.82, 2.24) is 4.90 Å². The largest absolute Gasteiger partial charge is 0.396 e. The predicted molar refractivity (Wildman–Crippen MR) is 57.9 cm³/mol. The van der Waals surface area contributed by atoms with Gasteiger partial charge in [0.25, 0.3) is 0 Å². The molecule has 1 N–H and O–H groups in total. The first kappa shape index (κ1) is 12.9. The molecule has 0 atom stereocenters. The summed E-state index contributed by atoms with van der Waals surface area (Å²) in [7, 11) is 0. The fourth-order valence-corrected chi connectivity index (χ4v) is 1.45. The second kappa shape index (κ2) is 8.52. The molecule has 0 rings (SSSR count). The topological polar surface area (TPSA) is 23.5 Å². The molecule has 0 aromatic carbocycles. The van der Waals surface area contributed by atoms with Crippen LogP contribution in [0.25, 0.3) is 0 Å². The van der Waals surface area contributed by atoms with E-state index >= 15 is 0 Å². The van der Waals surface area contributed by atoms with Gasteiger partial charge >= 0.3 is 0 Å². The molecule has 13 heavy (non-hydrogen) atoms. The van der Waals surface area contributed by atoms with Gasteiger partial charge in [-0.2, -0.15) is 0 Å². The molecular weight excluding hydrogens is 162 g/mol. The van der Waals surface area contributed by atoms with Crippen molar-refractivity contribution in [1.29, 1.82) is 0 Å². The standard InChI is InChI=1S/C11H25NO/c1-4-12(9-6-10-13)8-5-7-11(2)3/h11,13H,4-10H2,1-3H3. The highest BCUT2D eigenvalue weighted by atomic mass is 16.3. The van der Waals surface area contributed by atoms with E-state index in [4.69, 9.17) is 5.11 Å². The average Bonchev–Trinajstić information content (AvgIpc) is 2.10. The second-order valence-corrected chi connectivity index (χ2v) is 4.05. The first-order valence-corrected chi connectivity index (χ1v) is 5.53. The van der Waals surface area contributed by atoms with E-state index in [-0.39, 0.29) is 0 Å². The molecule has 2 nitrogen and oxygen atoms in total. The van der Waals surface area contributed by atoms with Crippen molar-refractivity contribution >= 4 is 0 Å². The van der Waals surface area contributed by atoms with Crippen LogP contribution < -0.4 is 0 Å². The fourth-order valence-electron chi connectivity index (χ4n) is 1.45. The summed E-state index contributed by atoms with van der Waals surface area (Å²) in [6.45, 7) is 10.4. The van der Waals surface area contributed by atoms with Crippen LogP contribution in [0.3, 0.4) is 0 Å². The zero-order chi connectivity index (χ0) is 10.1. The number of rotatable bonds is 8. The lowest BCUT2D eigenvalue weighted by molar-refractivity contribution is 0.225. The van der Waals surface area contributed by atoms with Gasteiger partial charge in [-0.3, -0.25) is 0 Å². The van der Waals surface area contributed by atoms with Crippen molar-refractivity contribution in [3.8, 4) is 0 Å². The molecule has 0 aromatic heterocycles. The molecule has 0 saturated heterocycles. The van der Waals surface area contributed by atoms with E-state index in [0.717, 1.165) is 25.4 Å². The molecule has 0 amide bonds. The quantitative estimate of drug-likeness (QED) is 0.629. The smallest absolute Gasteiger partial charge is 0.0443 e. The van der Waals surface area contributed by atoms with Crippen LogP contribution in [0.1, 0.15) is 40.0 Å². The Balaban J connectivity index is 3.36. The Morgan fingerprint density at radius 3 is 2.23 bits per heavy atom. The highest BCUT2D eigenvalue weighted by Gasteiger charge is 2.01. The highest BCUT2D eigenvalue weighted by molar-refractivity contribution is 4.56. The van der Waals surface area contributed by atoms with Crippen LogP contribution in [0.5, 0.6) is 0 Å². The Bertz CT molecular complexity index is 104. The molecule has 0 unspecified atom stereocenters. The van der Waals surface area contributed by atoms with E-state index in [2.05, 4.69) is 25.7 Å². The summed E-state index contributed by atoms with van der Waals surface area (Å²) in [6.07, 6.45) is 3.52. The van der Waals surface area contributed by atoms with Crippen molar-refractivity contribution < 1.29 is 5.11 Å². The molecule has 0 aromatic rings. The van der Waals surface area contributed by atoms with Gasteiger partial charge in [-0.05, 0) is 38.3 Å². The monoisotopic (exact) mass is 187 g/mol. The van der Waals surface area contributed by atoms with Crippen LogP contribution in [0.15, 0.2) is 0 Å². The van der Waals surface area contributed by atoms with Crippen LogP contribution in [0.4, 0.5) is 0 Å². The summed E-state index contributed by atoms with van der Waals surface area (Å²) in [5.74, 6) is 0.816. The SMILES string of the molecule is CCN(CCCO)CCCC(C)C. The van der Waals surface area contributed by atoms with E-state index in [0.29, 0.717) is 6.61 Å². The molecule has 0 fully saturated rings. The Morgan fingerprint density at radius 1 is 1.15 bits per heavy atom. The summed E-state index contributed by atoms with van der Waals surface area (Å²) in [5.41, 5.74) is 0. The molecule has 0 spiro atoms. The summed E-state index contributed by atoms with van der Waals surface area (Å²) in [5, 5.41) is 8.70. The van der Waals surface area contributed by atoms with Gasteiger partial charge in [0.15, 0.2) is 0 Å². The van der Waals surface area contributed by atoms with E-state index < -0.39 is 0 Å². The molecule has 0 aliphatic carbocycles. The fraction of sp³-hybridized carbons (Fsp3) is 1.00. The summed E-state index contributed by atoms with van der Waals surface area (Å²) < 4.78 is 0. The van der Waals surface area contributed by atoms with Crippen LogP contribution in [-0.4, -0.2) is 36.2 Å². The normalized spacial score (nSPS) is 11.5. The zero-order valence-corrected chi connectivity index (χ0v) is 9.42. The molecule has 0 heterocycles. The average molecular weight is 187 g/mol. The van der Waals surface area contributed by atoms with E-state index in [1.807, 2.05) is 0 Å². The number of aliphatic hydroxyl groups excluding tert-OH is 1. The van der Waals surface area contributed by atoms with Crippen molar-refractivity contribution in [3.63, 3.8) is 0 Å². The molecule has 2 heteroatoms. The van der Waals surface area contributed by atoms with Gasteiger partial charge in [-0.25, -0.2) is 0 Å². The zero-order valence-electron chi connectivity index (χ0n) is 9.42. The minimum Gasteiger partial charge on any atom is -0.396 e. The third kappa shape index (κ3) is 8.26. The van der Waals surface area contributed by atoms with Crippen LogP contribution in [-0.2, 0) is 0 Å². The predicted octanol–water partition coefficient (Wildman–Crippen LogP) is 2.13. The third-order valence-electron chi connectivity index (χ3n) is 2.34. The first-order valence-electron chi connectivity index (χ1n) is 5.53. The molecule has 0 aliphatic heterocycles. The Hall–Kier alpha value is -0.0800. The van der Waals surface area contributed by atoms with Crippen LogP contribution in [0, 0.1) is 5.92 Å². The Labute approximate surface area is 82.9 Å². The maximum Gasteiger partial charge on any atom is 0.0443 e. The number of hydrogen-bond acceptors (Lipinski definition) is 2. The van der Waals surface area contributed by atoms with E-state index in [9.17, 15) is 0 Å². The van der Waals surface area contributed by atoms with Gasteiger partial charge in [0.2, 0.25) is 0 Å². The van der Waals surface area contributed by atoms with Crippen molar-refractivity contribution in [3.05, 3.63) is 0 Å². The molecule has 0 radical (unpaired) electrons. The van der Waals surface area contributed by atoms with E-state index in [1.54, 1.807) is 0 Å². The Morgan fingerprint density at radius 2 is 1.77 bits per heavy atom. The summed E-state index contributed by atoms with van der Waals surface area (Å²) in [4.78, 5) is 2.42. The Kier molecular flexibility index (Phi) is 8.46. The first-order chi connectivity index (χ1) is 6.20. The molecular formula is C11H25NO. The maximum absolute atomic E-state index is 8.70. The van der Waals surface area contributed by atoms with Gasteiger partial charge < -0.3 is 10.0 Å². The maximum atomic E-state index is 8.70. The van der Waals surface area contributed by atoms with Gasteiger partial charge in [-0.15, -0.1) is 0 Å².